The zero-order valence-corrected chi connectivity index (χ0v) is 23.0. The molecule has 1 saturated heterocycles. The van der Waals surface area contributed by atoms with Gasteiger partial charge in [0.2, 0.25) is 5.91 Å². The van der Waals surface area contributed by atoms with E-state index in [2.05, 4.69) is 45.3 Å². The number of carbonyl (C=O) groups is 3. The number of nitrogens with zero attached hydrogens (tertiary/aromatic N) is 2. The van der Waals surface area contributed by atoms with Gasteiger partial charge in [-0.15, -0.1) is 0 Å². The fraction of sp³-hybridized carbons (Fsp3) is 0.800. The predicted octanol–water partition coefficient (Wildman–Crippen LogP) is 3.68. The van der Waals surface area contributed by atoms with Crippen molar-refractivity contribution in [2.45, 2.75) is 95.6 Å². The molecule has 2 fully saturated rings. The van der Waals surface area contributed by atoms with Crippen LogP contribution in [0.15, 0.2) is 12.2 Å². The van der Waals surface area contributed by atoms with E-state index in [0.717, 1.165) is 19.3 Å². The number of carbonyl (C=O) groups excluding carboxylic acids is 3. The molecule has 0 aromatic heterocycles. The van der Waals surface area contributed by atoms with Crippen LogP contribution in [0.2, 0.25) is 18.1 Å². The Balaban J connectivity index is 1.87. The molecule has 1 N–H and O–H groups in total. The first-order valence-electron chi connectivity index (χ1n) is 12.7. The van der Waals surface area contributed by atoms with Gasteiger partial charge in [0.25, 0.3) is 0 Å². The number of amides is 3. The highest BCUT2D eigenvalue weighted by atomic mass is 28.4. The minimum atomic E-state index is -2.08. The fourth-order valence-electron chi connectivity index (χ4n) is 4.64. The second-order valence-electron chi connectivity index (χ2n) is 11.5. The number of ether oxygens (including phenoxy) is 1. The molecule has 0 aromatic rings. The third-order valence-corrected chi connectivity index (χ3v) is 12.5. The topological polar surface area (TPSA) is 88.2 Å². The lowest BCUT2D eigenvalue weighted by Gasteiger charge is -2.38. The van der Waals surface area contributed by atoms with Crippen molar-refractivity contribution in [2.24, 2.45) is 5.92 Å². The summed E-state index contributed by atoms with van der Waals surface area (Å²) in [5, 5.41) is 3.00. The maximum atomic E-state index is 13.5. The standard InChI is InChI=1S/C25H43N3O5Si/c1-8-32-22(30)25-16-18(25)13-11-9-10-12-14-27(5)21(29)20-15-19(17-28(20)23(31)26-25)33-34(6,7)24(2,3)4/h11,13,18-20H,8-10,12,14-17H2,1-7H3,(H,26,31)/b13-11-/t18-,19-,20-,25+/m0/s1. The minimum absolute atomic E-state index is 0.0236. The second-order valence-corrected chi connectivity index (χ2v) is 16.3. The third-order valence-electron chi connectivity index (χ3n) is 7.92. The van der Waals surface area contributed by atoms with Crippen LogP contribution in [0.1, 0.15) is 59.8 Å². The van der Waals surface area contributed by atoms with E-state index in [9.17, 15) is 14.4 Å². The zero-order chi connectivity index (χ0) is 25.3. The average molecular weight is 494 g/mol. The van der Waals surface area contributed by atoms with Gasteiger partial charge in [-0.05, 0) is 50.7 Å². The Kier molecular flexibility index (Phi) is 7.87. The number of likely N-dealkylation sites (N-methyl/N-ethyl adjacent to an activating group) is 1. The molecule has 4 atom stereocenters. The third kappa shape index (κ3) is 5.51. The molecule has 2 heterocycles. The van der Waals surface area contributed by atoms with E-state index in [1.807, 2.05) is 6.08 Å². The van der Waals surface area contributed by atoms with Crippen LogP contribution in [-0.2, 0) is 18.8 Å². The number of nitrogens with one attached hydrogen (secondary N) is 1. The summed E-state index contributed by atoms with van der Waals surface area (Å²) in [5.74, 6) is -0.558. The Hall–Kier alpha value is -1.87. The van der Waals surface area contributed by atoms with Crippen LogP contribution in [0.4, 0.5) is 4.79 Å². The summed E-state index contributed by atoms with van der Waals surface area (Å²) in [7, 11) is -0.280. The van der Waals surface area contributed by atoms with Gasteiger partial charge in [0.1, 0.15) is 11.6 Å². The number of hydrogen-bond acceptors (Lipinski definition) is 5. The molecule has 3 aliphatic rings. The van der Waals surface area contributed by atoms with E-state index in [-0.39, 0.29) is 29.6 Å². The molecule has 0 aromatic carbocycles. The molecule has 2 aliphatic heterocycles. The van der Waals surface area contributed by atoms with Crippen molar-refractivity contribution in [1.82, 2.24) is 15.1 Å². The predicted molar refractivity (Wildman–Crippen MR) is 134 cm³/mol. The molecular formula is C25H43N3O5Si. The van der Waals surface area contributed by atoms with Crippen LogP contribution in [0, 0.1) is 5.92 Å². The molecule has 8 nitrogen and oxygen atoms in total. The van der Waals surface area contributed by atoms with E-state index >= 15 is 0 Å². The lowest BCUT2D eigenvalue weighted by atomic mass is 10.1. The van der Waals surface area contributed by atoms with Gasteiger partial charge >= 0.3 is 12.0 Å². The normalized spacial score (nSPS) is 31.8. The number of esters is 1. The zero-order valence-electron chi connectivity index (χ0n) is 22.0. The Bertz CT molecular complexity index is 824. The number of fused-ring (bicyclic) bond motifs is 2. The highest BCUT2D eigenvalue weighted by Crippen LogP contribution is 2.46. The van der Waals surface area contributed by atoms with E-state index < -0.39 is 31.9 Å². The smallest absolute Gasteiger partial charge is 0.332 e. The monoisotopic (exact) mass is 493 g/mol. The second kappa shape index (κ2) is 10.0. The summed E-state index contributed by atoms with van der Waals surface area (Å²) in [6.07, 6.45) is 7.62. The maximum Gasteiger partial charge on any atom is 0.332 e. The Morgan fingerprint density at radius 3 is 2.62 bits per heavy atom. The van der Waals surface area contributed by atoms with Gasteiger partial charge in [-0.25, -0.2) is 9.59 Å². The lowest BCUT2D eigenvalue weighted by Crippen LogP contribution is -2.55. The molecule has 192 valence electrons. The number of urea groups is 1. The van der Waals surface area contributed by atoms with Gasteiger partial charge < -0.3 is 24.3 Å². The molecule has 3 rings (SSSR count). The molecule has 0 bridgehead atoms. The number of allylic oxidation sites excluding steroid dienone is 1. The Labute approximate surface area is 205 Å². The summed E-state index contributed by atoms with van der Waals surface area (Å²) < 4.78 is 11.9. The van der Waals surface area contributed by atoms with Crippen molar-refractivity contribution < 1.29 is 23.5 Å². The molecule has 3 amide bonds. The molecular weight excluding hydrogens is 450 g/mol. The molecule has 0 spiro atoms. The summed E-state index contributed by atoms with van der Waals surface area (Å²) in [6.45, 7) is 13.9. The fourth-order valence-corrected chi connectivity index (χ4v) is 6.00. The number of hydrogen-bond donors (Lipinski definition) is 1. The van der Waals surface area contributed by atoms with E-state index in [1.165, 1.54) is 0 Å². The summed E-state index contributed by atoms with van der Waals surface area (Å²) in [6, 6.07) is -0.996. The Morgan fingerprint density at radius 2 is 1.97 bits per heavy atom. The van der Waals surface area contributed by atoms with E-state index in [4.69, 9.17) is 9.16 Å². The van der Waals surface area contributed by atoms with Gasteiger partial charge in [0.15, 0.2) is 8.32 Å². The van der Waals surface area contributed by atoms with Gasteiger partial charge in [-0.3, -0.25) is 4.79 Å². The molecule has 1 saturated carbocycles. The van der Waals surface area contributed by atoms with Crippen molar-refractivity contribution in [3.05, 3.63) is 12.2 Å². The first kappa shape index (κ1) is 26.7. The Morgan fingerprint density at radius 1 is 1.26 bits per heavy atom. The van der Waals surface area contributed by atoms with Crippen molar-refractivity contribution in [1.29, 1.82) is 0 Å². The first-order chi connectivity index (χ1) is 15.8. The van der Waals surface area contributed by atoms with Gasteiger partial charge in [-0.1, -0.05) is 32.9 Å². The summed E-state index contributed by atoms with van der Waals surface area (Å²) >= 11 is 0. The van der Waals surface area contributed by atoms with Crippen molar-refractivity contribution >= 4 is 26.2 Å². The highest BCUT2D eigenvalue weighted by molar-refractivity contribution is 6.74. The molecule has 9 heteroatoms. The van der Waals surface area contributed by atoms with Gasteiger partial charge in [0, 0.05) is 32.5 Å². The van der Waals surface area contributed by atoms with E-state index in [1.54, 1.807) is 23.8 Å². The highest BCUT2D eigenvalue weighted by Gasteiger charge is 2.62. The van der Waals surface area contributed by atoms with Crippen LogP contribution in [0.5, 0.6) is 0 Å². The average Bonchev–Trinajstić information content (AvgIpc) is 3.27. The SMILES string of the molecule is CCOC(=O)[C@@]12C[C@@H]1/C=C\CCCCN(C)C(=O)[C@@H]1C[C@H](O[Si](C)(C)C(C)(C)C)CN1C(=O)N2. The van der Waals surface area contributed by atoms with Crippen LogP contribution in [-0.4, -0.2) is 80.5 Å². The van der Waals surface area contributed by atoms with Crippen LogP contribution in [0.3, 0.4) is 0 Å². The largest absolute Gasteiger partial charge is 0.464 e. The molecule has 1 aliphatic carbocycles. The van der Waals surface area contributed by atoms with Crippen molar-refractivity contribution in [2.75, 3.05) is 26.7 Å². The van der Waals surface area contributed by atoms with Crippen molar-refractivity contribution in [3.8, 4) is 0 Å². The van der Waals surface area contributed by atoms with Crippen LogP contribution >= 0.6 is 0 Å². The number of rotatable bonds is 4. The van der Waals surface area contributed by atoms with Crippen molar-refractivity contribution in [3.63, 3.8) is 0 Å². The summed E-state index contributed by atoms with van der Waals surface area (Å²) in [5.41, 5.74) is -1.05. The first-order valence-corrected chi connectivity index (χ1v) is 15.6. The molecule has 0 radical (unpaired) electrons. The van der Waals surface area contributed by atoms with Gasteiger partial charge in [-0.2, -0.15) is 0 Å². The van der Waals surface area contributed by atoms with E-state index in [0.29, 0.717) is 25.9 Å². The quantitative estimate of drug-likeness (QED) is 0.367. The van der Waals surface area contributed by atoms with Gasteiger partial charge in [0.05, 0.1) is 12.7 Å². The maximum absolute atomic E-state index is 13.5. The molecule has 0 unspecified atom stereocenters. The lowest BCUT2D eigenvalue weighted by molar-refractivity contribution is -0.147. The van der Waals surface area contributed by atoms with Crippen LogP contribution in [0.25, 0.3) is 0 Å². The molecule has 34 heavy (non-hydrogen) atoms. The minimum Gasteiger partial charge on any atom is -0.464 e. The summed E-state index contributed by atoms with van der Waals surface area (Å²) in [4.78, 5) is 43.1. The van der Waals surface area contributed by atoms with Crippen LogP contribution < -0.4 is 5.32 Å².